The molecule has 1 saturated heterocycles. The molecule has 0 bridgehead atoms. The van der Waals surface area contributed by atoms with Crippen LogP contribution in [0.5, 0.6) is 0 Å². The monoisotopic (exact) mass is 465 g/mol. The third-order valence-electron chi connectivity index (χ3n) is 5.54. The van der Waals surface area contributed by atoms with Crippen LogP contribution in [0, 0.1) is 5.41 Å². The highest BCUT2D eigenvalue weighted by Gasteiger charge is 2.20. The highest BCUT2D eigenvalue weighted by atomic mass is 35.5. The SMILES string of the molecule is Cn1ncc(C(=O)Nc2ccc(Cl)cc2)c1CC(=O)c1ccc(C(=N)N2CCOCC2)cc1. The number of aromatic nitrogens is 2. The van der Waals surface area contributed by atoms with E-state index in [9.17, 15) is 9.59 Å². The van der Waals surface area contributed by atoms with Crippen molar-refractivity contribution in [2.45, 2.75) is 6.42 Å². The lowest BCUT2D eigenvalue weighted by Gasteiger charge is -2.29. The van der Waals surface area contributed by atoms with E-state index in [1.807, 2.05) is 4.90 Å². The van der Waals surface area contributed by atoms with Gasteiger partial charge in [0.2, 0.25) is 0 Å². The summed E-state index contributed by atoms with van der Waals surface area (Å²) in [5.74, 6) is -0.0591. The summed E-state index contributed by atoms with van der Waals surface area (Å²) in [5, 5.41) is 15.9. The van der Waals surface area contributed by atoms with Gasteiger partial charge in [-0.3, -0.25) is 19.7 Å². The molecule has 8 nitrogen and oxygen atoms in total. The molecule has 170 valence electrons. The van der Waals surface area contributed by atoms with Crippen molar-refractivity contribution in [3.8, 4) is 0 Å². The van der Waals surface area contributed by atoms with E-state index in [2.05, 4.69) is 10.4 Å². The zero-order valence-corrected chi connectivity index (χ0v) is 18.9. The van der Waals surface area contributed by atoms with Crippen LogP contribution in [0.15, 0.2) is 54.7 Å². The van der Waals surface area contributed by atoms with Gasteiger partial charge in [0.25, 0.3) is 5.91 Å². The van der Waals surface area contributed by atoms with Crippen LogP contribution >= 0.6 is 11.6 Å². The van der Waals surface area contributed by atoms with E-state index in [1.54, 1.807) is 55.6 Å². The molecule has 3 aromatic rings. The summed E-state index contributed by atoms with van der Waals surface area (Å²) in [6.07, 6.45) is 1.49. The molecular weight excluding hydrogens is 442 g/mol. The zero-order valence-electron chi connectivity index (χ0n) is 18.2. The Morgan fingerprint density at radius 3 is 2.36 bits per heavy atom. The van der Waals surface area contributed by atoms with Gasteiger partial charge in [-0.05, 0) is 24.3 Å². The molecule has 1 fully saturated rings. The summed E-state index contributed by atoms with van der Waals surface area (Å²) >= 11 is 5.89. The normalized spacial score (nSPS) is 13.6. The summed E-state index contributed by atoms with van der Waals surface area (Å²) in [6.45, 7) is 2.58. The predicted octanol–water partition coefficient (Wildman–Crippen LogP) is 3.41. The summed E-state index contributed by atoms with van der Waals surface area (Å²) in [6, 6.07) is 13.8. The molecule has 2 N–H and O–H groups in total. The fourth-order valence-electron chi connectivity index (χ4n) is 3.63. The van der Waals surface area contributed by atoms with Crippen molar-refractivity contribution in [1.82, 2.24) is 14.7 Å². The number of morpholine rings is 1. The van der Waals surface area contributed by atoms with E-state index in [-0.39, 0.29) is 18.1 Å². The summed E-state index contributed by atoms with van der Waals surface area (Å²) < 4.78 is 6.88. The Labute approximate surface area is 196 Å². The Morgan fingerprint density at radius 1 is 1.06 bits per heavy atom. The molecular formula is C24H24ClN5O3. The Morgan fingerprint density at radius 2 is 1.70 bits per heavy atom. The first kappa shape index (κ1) is 22.7. The van der Waals surface area contributed by atoms with E-state index in [1.165, 1.54) is 10.9 Å². The number of Topliss-reactive ketones (excluding diaryl/α,β-unsaturated/α-hetero) is 1. The number of carbonyl (C=O) groups is 2. The summed E-state index contributed by atoms with van der Waals surface area (Å²) in [7, 11) is 1.70. The van der Waals surface area contributed by atoms with Gasteiger partial charge in [0, 0.05) is 42.0 Å². The quantitative estimate of drug-likeness (QED) is 0.330. The lowest BCUT2D eigenvalue weighted by Crippen LogP contribution is -2.40. The number of nitrogens with one attached hydrogen (secondary N) is 2. The number of nitrogens with zero attached hydrogens (tertiary/aromatic N) is 3. The van der Waals surface area contributed by atoms with Crippen LogP contribution < -0.4 is 5.32 Å². The van der Waals surface area contributed by atoms with Crippen molar-refractivity contribution in [2.75, 3.05) is 31.6 Å². The number of carbonyl (C=O) groups excluding carboxylic acids is 2. The van der Waals surface area contributed by atoms with Crippen molar-refractivity contribution in [3.63, 3.8) is 0 Å². The topological polar surface area (TPSA) is 100 Å². The third-order valence-corrected chi connectivity index (χ3v) is 5.80. The molecule has 33 heavy (non-hydrogen) atoms. The minimum atomic E-state index is -0.345. The number of benzene rings is 2. The predicted molar refractivity (Wildman–Crippen MR) is 126 cm³/mol. The first-order valence-electron chi connectivity index (χ1n) is 10.5. The minimum absolute atomic E-state index is 0.0279. The molecule has 0 saturated carbocycles. The second kappa shape index (κ2) is 9.97. The van der Waals surface area contributed by atoms with E-state index in [0.717, 1.165) is 5.56 Å². The van der Waals surface area contributed by atoms with Crippen molar-refractivity contribution in [3.05, 3.63) is 82.1 Å². The maximum Gasteiger partial charge on any atom is 0.259 e. The van der Waals surface area contributed by atoms with Crippen molar-refractivity contribution in [1.29, 1.82) is 5.41 Å². The van der Waals surface area contributed by atoms with E-state index >= 15 is 0 Å². The van der Waals surface area contributed by atoms with Gasteiger partial charge in [-0.25, -0.2) is 0 Å². The Hall–Kier alpha value is -3.49. The van der Waals surface area contributed by atoms with Gasteiger partial charge >= 0.3 is 0 Å². The maximum atomic E-state index is 12.9. The molecule has 0 aliphatic carbocycles. The standard InChI is InChI=1S/C24H24ClN5O3/c1-29-21(20(15-27-29)24(32)28-19-8-6-18(25)7-9-19)14-22(31)16-2-4-17(5-3-16)23(26)30-10-12-33-13-11-30/h2-9,15,26H,10-14H2,1H3,(H,28,32). The van der Waals surface area contributed by atoms with Crippen LogP contribution in [0.4, 0.5) is 5.69 Å². The molecule has 0 spiro atoms. The smallest absolute Gasteiger partial charge is 0.259 e. The molecule has 2 aromatic carbocycles. The van der Waals surface area contributed by atoms with Crippen LogP contribution in [0.25, 0.3) is 0 Å². The molecule has 1 aliphatic rings. The molecule has 1 amide bonds. The number of halogens is 1. The average molecular weight is 466 g/mol. The summed E-state index contributed by atoms with van der Waals surface area (Å²) in [4.78, 5) is 27.7. The van der Waals surface area contributed by atoms with Crippen molar-refractivity contribution in [2.24, 2.45) is 7.05 Å². The van der Waals surface area contributed by atoms with Crippen LogP contribution in [0.1, 0.15) is 32.0 Å². The second-order valence-corrected chi connectivity index (χ2v) is 8.15. The van der Waals surface area contributed by atoms with E-state index in [0.29, 0.717) is 59.7 Å². The van der Waals surface area contributed by atoms with Gasteiger partial charge in [0.1, 0.15) is 5.84 Å². The molecule has 2 heterocycles. The third kappa shape index (κ3) is 5.30. The van der Waals surface area contributed by atoms with Gasteiger partial charge in [-0.2, -0.15) is 5.10 Å². The van der Waals surface area contributed by atoms with Crippen LogP contribution in [-0.4, -0.2) is 58.5 Å². The fraction of sp³-hybridized carbons (Fsp3) is 0.250. The minimum Gasteiger partial charge on any atom is -0.378 e. The number of aryl methyl sites for hydroxylation is 1. The number of amidine groups is 1. The molecule has 9 heteroatoms. The molecule has 1 aromatic heterocycles. The average Bonchev–Trinajstić information content (AvgIpc) is 3.20. The lowest BCUT2D eigenvalue weighted by atomic mass is 10.0. The molecule has 4 rings (SSSR count). The Kier molecular flexibility index (Phi) is 6.86. The molecule has 0 radical (unpaired) electrons. The maximum absolute atomic E-state index is 12.9. The first-order valence-corrected chi connectivity index (χ1v) is 10.9. The zero-order chi connectivity index (χ0) is 23.4. The van der Waals surface area contributed by atoms with E-state index < -0.39 is 0 Å². The van der Waals surface area contributed by atoms with Gasteiger partial charge in [-0.1, -0.05) is 35.9 Å². The second-order valence-electron chi connectivity index (χ2n) is 7.71. The molecule has 0 unspecified atom stereocenters. The number of amides is 1. The van der Waals surface area contributed by atoms with Gasteiger partial charge < -0.3 is 15.0 Å². The van der Waals surface area contributed by atoms with Gasteiger partial charge in [0.15, 0.2) is 5.78 Å². The highest BCUT2D eigenvalue weighted by Crippen LogP contribution is 2.18. The highest BCUT2D eigenvalue weighted by molar-refractivity contribution is 6.30. The van der Waals surface area contributed by atoms with E-state index in [4.69, 9.17) is 21.7 Å². The molecule has 0 atom stereocenters. The van der Waals surface area contributed by atoms with Crippen molar-refractivity contribution < 1.29 is 14.3 Å². The van der Waals surface area contributed by atoms with Crippen LogP contribution in [0.2, 0.25) is 5.02 Å². The number of rotatable bonds is 6. The first-order chi connectivity index (χ1) is 15.9. The Balaban J connectivity index is 1.45. The van der Waals surface area contributed by atoms with Gasteiger partial charge in [-0.15, -0.1) is 0 Å². The summed E-state index contributed by atoms with van der Waals surface area (Å²) in [5.41, 5.74) is 2.72. The Bertz CT molecular complexity index is 1170. The van der Waals surface area contributed by atoms with Gasteiger partial charge in [0.05, 0.1) is 37.1 Å². The largest absolute Gasteiger partial charge is 0.378 e. The number of hydrogen-bond donors (Lipinski definition) is 2. The van der Waals surface area contributed by atoms with Crippen LogP contribution in [0.3, 0.4) is 0 Å². The lowest BCUT2D eigenvalue weighted by molar-refractivity contribution is 0.0680. The fourth-order valence-corrected chi connectivity index (χ4v) is 3.76. The number of ether oxygens (including phenoxy) is 1. The molecule has 1 aliphatic heterocycles. The van der Waals surface area contributed by atoms with Crippen molar-refractivity contribution >= 4 is 34.8 Å². The number of hydrogen-bond acceptors (Lipinski definition) is 5. The number of ketones is 1. The number of anilines is 1. The van der Waals surface area contributed by atoms with Crippen LogP contribution in [-0.2, 0) is 18.2 Å².